The smallest absolute Gasteiger partial charge is 0.163 e. The molecule has 0 bridgehead atoms. The fraction of sp³-hybridized carbons (Fsp3) is 0.538. The molecule has 0 fully saturated rings. The quantitative estimate of drug-likeness (QED) is 0.834. The third-order valence-corrected chi connectivity index (χ3v) is 3.00. The lowest BCUT2D eigenvalue weighted by Gasteiger charge is -2.06. The van der Waals surface area contributed by atoms with Gasteiger partial charge in [-0.1, -0.05) is 0 Å². The third kappa shape index (κ3) is 2.39. The number of aromatic nitrogens is 4. The molecule has 0 saturated carbocycles. The molecule has 2 aromatic rings. The summed E-state index contributed by atoms with van der Waals surface area (Å²) in [4.78, 5) is 0. The Kier molecular flexibility index (Phi) is 3.41. The Morgan fingerprint density at radius 3 is 2.50 bits per heavy atom. The number of hydrogen-bond acceptors (Lipinski definition) is 3. The van der Waals surface area contributed by atoms with Crippen molar-refractivity contribution in [1.82, 2.24) is 19.6 Å². The second kappa shape index (κ2) is 4.84. The van der Waals surface area contributed by atoms with Crippen LogP contribution in [0.15, 0.2) is 12.3 Å². The van der Waals surface area contributed by atoms with E-state index in [1.54, 1.807) is 0 Å². The molecule has 5 heteroatoms. The lowest BCUT2D eigenvalue weighted by Crippen LogP contribution is -2.04. The van der Waals surface area contributed by atoms with E-state index in [4.69, 9.17) is 4.74 Å². The Morgan fingerprint density at radius 1 is 1.28 bits per heavy atom. The van der Waals surface area contributed by atoms with Gasteiger partial charge in [0.15, 0.2) is 5.75 Å². The van der Waals surface area contributed by atoms with Gasteiger partial charge in [-0.3, -0.25) is 9.36 Å². The Labute approximate surface area is 107 Å². The zero-order chi connectivity index (χ0) is 13.3. The van der Waals surface area contributed by atoms with Crippen molar-refractivity contribution in [3.63, 3.8) is 0 Å². The molecular formula is C13H20N4O. The summed E-state index contributed by atoms with van der Waals surface area (Å²) in [6.45, 7) is 8.64. The van der Waals surface area contributed by atoms with E-state index in [-0.39, 0.29) is 0 Å². The monoisotopic (exact) mass is 248 g/mol. The number of rotatable bonds is 4. The highest BCUT2D eigenvalue weighted by Gasteiger charge is 2.11. The summed E-state index contributed by atoms with van der Waals surface area (Å²) in [5, 5.41) is 8.78. The first-order valence-electron chi connectivity index (χ1n) is 6.16. The molecule has 0 aromatic carbocycles. The highest BCUT2D eigenvalue weighted by Crippen LogP contribution is 2.22. The molecule has 18 heavy (non-hydrogen) atoms. The Balaban J connectivity index is 2.06. The van der Waals surface area contributed by atoms with Gasteiger partial charge in [0.25, 0.3) is 0 Å². The van der Waals surface area contributed by atoms with E-state index in [1.165, 1.54) is 0 Å². The Morgan fingerprint density at radius 2 is 2.00 bits per heavy atom. The van der Waals surface area contributed by atoms with Gasteiger partial charge in [0.1, 0.15) is 12.3 Å². The van der Waals surface area contributed by atoms with Gasteiger partial charge in [0.2, 0.25) is 0 Å². The Bertz CT molecular complexity index is 539. The molecular weight excluding hydrogens is 228 g/mol. The first kappa shape index (κ1) is 12.7. The number of hydrogen-bond donors (Lipinski definition) is 0. The third-order valence-electron chi connectivity index (χ3n) is 3.00. The SMILES string of the molecule is Cc1nn(C)c(C)c1OCc1ccn(C(C)C)n1. The van der Waals surface area contributed by atoms with Crippen LogP contribution in [0.3, 0.4) is 0 Å². The average Bonchev–Trinajstić information content (AvgIpc) is 2.85. The van der Waals surface area contributed by atoms with Crippen molar-refractivity contribution in [3.05, 3.63) is 29.3 Å². The van der Waals surface area contributed by atoms with Crippen molar-refractivity contribution in [3.8, 4) is 5.75 Å². The molecule has 2 heterocycles. The van der Waals surface area contributed by atoms with E-state index in [0.717, 1.165) is 22.8 Å². The van der Waals surface area contributed by atoms with E-state index in [9.17, 15) is 0 Å². The van der Waals surface area contributed by atoms with Gasteiger partial charge >= 0.3 is 0 Å². The standard InChI is InChI=1S/C13H20N4O/c1-9(2)17-7-6-12(15-17)8-18-13-10(3)14-16(5)11(13)4/h6-7,9H,8H2,1-5H3. The first-order chi connectivity index (χ1) is 8.49. The second-order valence-electron chi connectivity index (χ2n) is 4.79. The zero-order valence-electron chi connectivity index (χ0n) is 11.6. The molecule has 0 aliphatic carbocycles. The lowest BCUT2D eigenvalue weighted by atomic mass is 10.3. The number of nitrogens with zero attached hydrogens (tertiary/aromatic N) is 4. The fourth-order valence-corrected chi connectivity index (χ4v) is 1.85. The van der Waals surface area contributed by atoms with Crippen molar-refractivity contribution in [2.45, 2.75) is 40.3 Å². The highest BCUT2D eigenvalue weighted by molar-refractivity contribution is 5.31. The van der Waals surface area contributed by atoms with Gasteiger partial charge in [-0.15, -0.1) is 0 Å². The fourth-order valence-electron chi connectivity index (χ4n) is 1.85. The summed E-state index contributed by atoms with van der Waals surface area (Å²) in [5.41, 5.74) is 2.89. The molecule has 2 aromatic heterocycles. The second-order valence-corrected chi connectivity index (χ2v) is 4.79. The molecule has 0 unspecified atom stereocenters. The van der Waals surface area contributed by atoms with Crippen LogP contribution in [0.25, 0.3) is 0 Å². The minimum Gasteiger partial charge on any atom is -0.483 e. The van der Waals surface area contributed by atoms with Crippen molar-refractivity contribution < 1.29 is 4.74 Å². The van der Waals surface area contributed by atoms with E-state index < -0.39 is 0 Å². The molecule has 0 atom stereocenters. The van der Waals surface area contributed by atoms with Crippen LogP contribution < -0.4 is 4.74 Å². The summed E-state index contributed by atoms with van der Waals surface area (Å²) in [7, 11) is 1.92. The van der Waals surface area contributed by atoms with Crippen molar-refractivity contribution >= 4 is 0 Å². The normalized spacial score (nSPS) is 11.2. The van der Waals surface area contributed by atoms with Crippen molar-refractivity contribution in [1.29, 1.82) is 0 Å². The number of ether oxygens (including phenoxy) is 1. The van der Waals surface area contributed by atoms with Gasteiger partial charge in [0.05, 0.1) is 11.4 Å². The van der Waals surface area contributed by atoms with Gasteiger partial charge in [-0.2, -0.15) is 10.2 Å². The Hall–Kier alpha value is -1.78. The molecule has 0 aliphatic heterocycles. The zero-order valence-corrected chi connectivity index (χ0v) is 11.6. The minimum atomic E-state index is 0.376. The highest BCUT2D eigenvalue weighted by atomic mass is 16.5. The van der Waals surface area contributed by atoms with E-state index in [2.05, 4.69) is 24.0 Å². The maximum absolute atomic E-state index is 5.81. The molecule has 0 spiro atoms. The minimum absolute atomic E-state index is 0.376. The maximum Gasteiger partial charge on any atom is 0.163 e. The molecule has 0 aliphatic rings. The maximum atomic E-state index is 5.81. The van der Waals surface area contributed by atoms with Gasteiger partial charge in [-0.25, -0.2) is 0 Å². The van der Waals surface area contributed by atoms with Crippen LogP contribution >= 0.6 is 0 Å². The molecule has 0 amide bonds. The van der Waals surface area contributed by atoms with Crippen LogP contribution in [0.4, 0.5) is 0 Å². The molecule has 98 valence electrons. The predicted molar refractivity (Wildman–Crippen MR) is 69.6 cm³/mol. The van der Waals surface area contributed by atoms with E-state index >= 15 is 0 Å². The van der Waals surface area contributed by atoms with Crippen LogP contribution in [-0.4, -0.2) is 19.6 Å². The van der Waals surface area contributed by atoms with Crippen LogP contribution in [0.5, 0.6) is 5.75 Å². The topological polar surface area (TPSA) is 44.9 Å². The molecule has 5 nitrogen and oxygen atoms in total. The summed E-state index contributed by atoms with van der Waals surface area (Å²) < 4.78 is 9.57. The molecule has 0 N–H and O–H groups in total. The van der Waals surface area contributed by atoms with Gasteiger partial charge < -0.3 is 4.74 Å². The summed E-state index contributed by atoms with van der Waals surface area (Å²) in [6, 6.07) is 2.36. The van der Waals surface area contributed by atoms with Crippen LogP contribution in [0, 0.1) is 13.8 Å². The largest absolute Gasteiger partial charge is 0.483 e. The first-order valence-corrected chi connectivity index (χ1v) is 6.16. The van der Waals surface area contributed by atoms with Gasteiger partial charge in [-0.05, 0) is 33.8 Å². The van der Waals surface area contributed by atoms with Gasteiger partial charge in [0, 0.05) is 19.3 Å². The average molecular weight is 248 g/mol. The lowest BCUT2D eigenvalue weighted by molar-refractivity contribution is 0.294. The van der Waals surface area contributed by atoms with E-state index in [1.807, 2.05) is 42.5 Å². The van der Waals surface area contributed by atoms with Crippen molar-refractivity contribution in [2.24, 2.45) is 7.05 Å². The predicted octanol–water partition coefficient (Wildman–Crippen LogP) is 2.39. The van der Waals surface area contributed by atoms with E-state index in [0.29, 0.717) is 12.6 Å². The van der Waals surface area contributed by atoms with Crippen LogP contribution in [0.1, 0.15) is 37.0 Å². The molecule has 0 saturated heterocycles. The summed E-state index contributed by atoms with van der Waals surface area (Å²) in [6.07, 6.45) is 1.98. The summed E-state index contributed by atoms with van der Waals surface area (Å²) in [5.74, 6) is 0.858. The molecule has 0 radical (unpaired) electrons. The van der Waals surface area contributed by atoms with Crippen LogP contribution in [0.2, 0.25) is 0 Å². The number of aryl methyl sites for hydroxylation is 2. The van der Waals surface area contributed by atoms with Crippen LogP contribution in [-0.2, 0) is 13.7 Å². The molecule has 2 rings (SSSR count). The van der Waals surface area contributed by atoms with Crippen molar-refractivity contribution in [2.75, 3.05) is 0 Å². The summed E-state index contributed by atoms with van der Waals surface area (Å²) >= 11 is 0.